The van der Waals surface area contributed by atoms with Gasteiger partial charge in [-0.2, -0.15) is 0 Å². The van der Waals surface area contributed by atoms with Gasteiger partial charge < -0.3 is 4.74 Å². The minimum Gasteiger partial charge on any atom is -0.461 e. The molecular formula is C15H24O3. The van der Waals surface area contributed by atoms with E-state index in [0.717, 1.165) is 12.8 Å². The first-order valence-electron chi connectivity index (χ1n) is 6.99. The van der Waals surface area contributed by atoms with Gasteiger partial charge in [0.05, 0.1) is 11.3 Å². The number of hydrogen-bond acceptors (Lipinski definition) is 3. The maximum Gasteiger partial charge on any atom is 0.308 e. The zero-order chi connectivity index (χ0) is 13.7. The molecule has 0 aromatic rings. The van der Waals surface area contributed by atoms with Crippen molar-refractivity contribution in [3.63, 3.8) is 0 Å². The summed E-state index contributed by atoms with van der Waals surface area (Å²) in [6.07, 6.45) is 2.06. The van der Waals surface area contributed by atoms with Crippen molar-refractivity contribution >= 4 is 11.8 Å². The van der Waals surface area contributed by atoms with Crippen molar-refractivity contribution in [1.29, 1.82) is 0 Å². The molecule has 3 nitrogen and oxygen atoms in total. The van der Waals surface area contributed by atoms with Crippen LogP contribution in [0.5, 0.6) is 0 Å². The Morgan fingerprint density at radius 3 is 2.50 bits per heavy atom. The van der Waals surface area contributed by atoms with Gasteiger partial charge in [-0.15, -0.1) is 0 Å². The molecule has 3 heteroatoms. The highest BCUT2D eigenvalue weighted by Crippen LogP contribution is 2.64. The second-order valence-corrected chi connectivity index (χ2v) is 6.72. The van der Waals surface area contributed by atoms with Crippen molar-refractivity contribution in [2.75, 3.05) is 0 Å². The molecule has 0 aromatic carbocycles. The van der Waals surface area contributed by atoms with E-state index in [-0.39, 0.29) is 29.2 Å². The summed E-state index contributed by atoms with van der Waals surface area (Å²) in [7, 11) is 0. The summed E-state index contributed by atoms with van der Waals surface area (Å²) >= 11 is 0. The Hall–Kier alpha value is -0.860. The third-order valence-electron chi connectivity index (χ3n) is 5.79. The lowest BCUT2D eigenvalue weighted by Crippen LogP contribution is -2.44. The lowest BCUT2D eigenvalue weighted by Gasteiger charge is -2.37. The van der Waals surface area contributed by atoms with Crippen LogP contribution in [0.15, 0.2) is 0 Å². The van der Waals surface area contributed by atoms with Crippen LogP contribution in [0.2, 0.25) is 0 Å². The first kappa shape index (κ1) is 13.6. The van der Waals surface area contributed by atoms with Crippen molar-refractivity contribution < 1.29 is 14.3 Å². The molecule has 1 unspecified atom stereocenters. The monoisotopic (exact) mass is 252 g/mol. The zero-order valence-corrected chi connectivity index (χ0v) is 12.1. The van der Waals surface area contributed by atoms with Gasteiger partial charge in [-0.1, -0.05) is 27.7 Å². The van der Waals surface area contributed by atoms with Gasteiger partial charge in [-0.05, 0) is 31.1 Å². The molecule has 0 aliphatic heterocycles. The molecule has 0 heterocycles. The Balaban J connectivity index is 2.18. The van der Waals surface area contributed by atoms with Crippen molar-refractivity contribution in [1.82, 2.24) is 0 Å². The number of ketones is 1. The number of ether oxygens (including phenoxy) is 1. The van der Waals surface area contributed by atoms with Gasteiger partial charge in [0.25, 0.3) is 0 Å². The third-order valence-corrected chi connectivity index (χ3v) is 5.79. The first-order valence-corrected chi connectivity index (χ1v) is 6.99. The van der Waals surface area contributed by atoms with Crippen LogP contribution >= 0.6 is 0 Å². The molecule has 0 saturated heterocycles. The summed E-state index contributed by atoms with van der Waals surface area (Å²) < 4.78 is 5.65. The fraction of sp³-hybridized carbons (Fsp3) is 0.867. The maximum absolute atomic E-state index is 12.2. The number of fused-ring (bicyclic) bond motifs is 2. The van der Waals surface area contributed by atoms with E-state index in [9.17, 15) is 9.59 Å². The molecule has 2 fully saturated rings. The van der Waals surface area contributed by atoms with E-state index in [2.05, 4.69) is 13.8 Å². The molecule has 2 aliphatic carbocycles. The van der Waals surface area contributed by atoms with E-state index >= 15 is 0 Å². The molecule has 2 rings (SSSR count). The van der Waals surface area contributed by atoms with E-state index in [4.69, 9.17) is 4.74 Å². The van der Waals surface area contributed by atoms with Crippen molar-refractivity contribution in [3.05, 3.63) is 0 Å². The Morgan fingerprint density at radius 2 is 2.06 bits per heavy atom. The highest BCUT2D eigenvalue weighted by Gasteiger charge is 2.67. The lowest BCUT2D eigenvalue weighted by molar-refractivity contribution is -0.164. The molecule has 0 N–H and O–H groups in total. The van der Waals surface area contributed by atoms with E-state index in [0.29, 0.717) is 12.3 Å². The zero-order valence-electron chi connectivity index (χ0n) is 12.1. The van der Waals surface area contributed by atoms with Gasteiger partial charge in [0.15, 0.2) is 0 Å². The summed E-state index contributed by atoms with van der Waals surface area (Å²) in [6.45, 7) is 10.1. The molecule has 2 bridgehead atoms. The molecule has 4 atom stereocenters. The number of carbonyl (C=O) groups is 2. The summed E-state index contributed by atoms with van der Waals surface area (Å²) in [6, 6.07) is 0. The summed E-state index contributed by atoms with van der Waals surface area (Å²) in [4.78, 5) is 24.1. The van der Waals surface area contributed by atoms with Crippen LogP contribution in [0, 0.1) is 22.7 Å². The molecule has 0 amide bonds. The van der Waals surface area contributed by atoms with Crippen LogP contribution in [0.3, 0.4) is 0 Å². The number of carbonyl (C=O) groups excluding carboxylic acids is 2. The van der Waals surface area contributed by atoms with E-state index in [1.165, 1.54) is 0 Å². The van der Waals surface area contributed by atoms with Crippen LogP contribution < -0.4 is 0 Å². The molecule has 2 saturated carbocycles. The topological polar surface area (TPSA) is 43.4 Å². The summed E-state index contributed by atoms with van der Waals surface area (Å²) in [5, 5.41) is 0. The SMILES string of the molecule is CCC(C)C(=O)O[C@@H]1C[C@H]2CC(=O)[C@]1(C)C2(C)C. The van der Waals surface area contributed by atoms with Crippen LogP contribution in [0.25, 0.3) is 0 Å². The number of hydrogen-bond donors (Lipinski definition) is 0. The van der Waals surface area contributed by atoms with Gasteiger partial charge in [-0.25, -0.2) is 0 Å². The highest BCUT2D eigenvalue weighted by molar-refractivity contribution is 5.90. The van der Waals surface area contributed by atoms with E-state index < -0.39 is 5.41 Å². The summed E-state index contributed by atoms with van der Waals surface area (Å²) in [5.74, 6) is 0.404. The standard InChI is InChI=1S/C15H24O3/c1-6-9(2)13(17)18-12-8-10-7-11(16)15(12,5)14(10,3)4/h9-10,12H,6-8H2,1-5H3/t9?,10-,12-,15+/m1/s1. The Morgan fingerprint density at radius 1 is 1.44 bits per heavy atom. The van der Waals surface area contributed by atoms with Crippen LogP contribution in [0.1, 0.15) is 53.9 Å². The number of esters is 1. The largest absolute Gasteiger partial charge is 0.461 e. The lowest BCUT2D eigenvalue weighted by atomic mass is 9.69. The maximum atomic E-state index is 12.2. The predicted octanol–water partition coefficient (Wildman–Crippen LogP) is 2.97. The smallest absolute Gasteiger partial charge is 0.308 e. The van der Waals surface area contributed by atoms with Crippen LogP contribution in [-0.4, -0.2) is 17.9 Å². The van der Waals surface area contributed by atoms with Gasteiger partial charge in [0.2, 0.25) is 0 Å². The third kappa shape index (κ3) is 1.55. The average molecular weight is 252 g/mol. The van der Waals surface area contributed by atoms with Crippen molar-refractivity contribution in [3.8, 4) is 0 Å². The van der Waals surface area contributed by atoms with Gasteiger partial charge in [0.1, 0.15) is 11.9 Å². The molecule has 0 aromatic heterocycles. The van der Waals surface area contributed by atoms with Gasteiger partial charge in [0, 0.05) is 6.42 Å². The molecule has 0 radical (unpaired) electrons. The highest BCUT2D eigenvalue weighted by atomic mass is 16.5. The van der Waals surface area contributed by atoms with E-state index in [1.54, 1.807) is 0 Å². The molecule has 102 valence electrons. The number of Topliss-reactive ketones (excluding diaryl/α,β-unsaturated/α-hetero) is 1. The van der Waals surface area contributed by atoms with Crippen LogP contribution in [-0.2, 0) is 14.3 Å². The first-order chi connectivity index (χ1) is 8.25. The fourth-order valence-electron chi connectivity index (χ4n) is 3.53. The Labute approximate surface area is 109 Å². The van der Waals surface area contributed by atoms with Gasteiger partial charge >= 0.3 is 5.97 Å². The second-order valence-electron chi connectivity index (χ2n) is 6.72. The molecule has 18 heavy (non-hydrogen) atoms. The van der Waals surface area contributed by atoms with Crippen molar-refractivity contribution in [2.24, 2.45) is 22.7 Å². The Kier molecular flexibility index (Phi) is 3.07. The van der Waals surface area contributed by atoms with E-state index in [1.807, 2.05) is 20.8 Å². The second kappa shape index (κ2) is 4.07. The molecule has 2 aliphatic rings. The fourth-order valence-corrected chi connectivity index (χ4v) is 3.53. The van der Waals surface area contributed by atoms with Gasteiger partial charge in [-0.3, -0.25) is 9.59 Å². The van der Waals surface area contributed by atoms with Crippen LogP contribution in [0.4, 0.5) is 0 Å². The van der Waals surface area contributed by atoms with Crippen molar-refractivity contribution in [2.45, 2.75) is 60.0 Å². The normalized spacial score (nSPS) is 38.8. The number of rotatable bonds is 3. The average Bonchev–Trinajstić information content (AvgIpc) is 2.59. The molecular weight excluding hydrogens is 228 g/mol. The minimum atomic E-state index is -0.485. The Bertz CT molecular complexity index is 385. The summed E-state index contributed by atoms with van der Waals surface area (Å²) in [5.41, 5.74) is -0.536. The molecule has 0 spiro atoms. The minimum absolute atomic E-state index is 0.0511. The predicted molar refractivity (Wildman–Crippen MR) is 69.0 cm³/mol. The quantitative estimate of drug-likeness (QED) is 0.725.